The van der Waals surface area contributed by atoms with E-state index in [0.29, 0.717) is 22.8 Å². The Hall–Kier alpha value is -2.23. The maximum absolute atomic E-state index is 13.1. The van der Waals surface area contributed by atoms with Gasteiger partial charge < -0.3 is 4.57 Å². The summed E-state index contributed by atoms with van der Waals surface area (Å²) in [7, 11) is -3.83. The summed E-state index contributed by atoms with van der Waals surface area (Å²) in [5.74, 6) is -0.530. The fourth-order valence-electron chi connectivity index (χ4n) is 2.85. The van der Waals surface area contributed by atoms with Gasteiger partial charge in [0.25, 0.3) is 0 Å². The molecule has 0 saturated carbocycles. The van der Waals surface area contributed by atoms with Gasteiger partial charge in [0.2, 0.25) is 10.0 Å². The third kappa shape index (κ3) is 4.26. The number of primary sulfonamides is 1. The quantitative estimate of drug-likeness (QED) is 0.465. The molecule has 1 unspecified atom stereocenters. The molecule has 148 valence electrons. The Bertz CT molecular complexity index is 1130. The Morgan fingerprint density at radius 2 is 1.93 bits per heavy atom. The number of fused-ring (bicyclic) bond motifs is 1. The Kier molecular flexibility index (Phi) is 5.87. The molecule has 0 spiro atoms. The van der Waals surface area contributed by atoms with Gasteiger partial charge in [0, 0.05) is 12.1 Å². The van der Waals surface area contributed by atoms with Crippen LogP contribution in [0.15, 0.2) is 52.5 Å². The van der Waals surface area contributed by atoms with E-state index in [2.05, 4.69) is 4.98 Å². The van der Waals surface area contributed by atoms with Gasteiger partial charge in [-0.2, -0.15) is 0 Å². The summed E-state index contributed by atoms with van der Waals surface area (Å²) in [5.41, 5.74) is 1.71. The standard InChI is InChI=1S/C19H20FN3O3S2/c1-3-10-23-17-9-8-15(28(21,25)26)11-16(17)22-19(23)27-12(2)18(24)13-4-6-14(20)7-5-13/h4-9,11-12H,3,10H2,1-2H3,(H2,21,25,26). The van der Waals surface area contributed by atoms with E-state index in [1.54, 1.807) is 13.0 Å². The number of rotatable bonds is 7. The number of ketones is 1. The van der Waals surface area contributed by atoms with Crippen molar-refractivity contribution in [3.05, 3.63) is 53.8 Å². The number of aromatic nitrogens is 2. The van der Waals surface area contributed by atoms with Gasteiger partial charge in [-0.05, 0) is 55.8 Å². The van der Waals surface area contributed by atoms with Crippen LogP contribution in [0.25, 0.3) is 11.0 Å². The summed E-state index contributed by atoms with van der Waals surface area (Å²) in [6.45, 7) is 4.46. The van der Waals surface area contributed by atoms with Crippen molar-refractivity contribution in [2.24, 2.45) is 5.14 Å². The van der Waals surface area contributed by atoms with Gasteiger partial charge in [-0.3, -0.25) is 4.79 Å². The van der Waals surface area contributed by atoms with E-state index in [9.17, 15) is 17.6 Å². The van der Waals surface area contributed by atoms with Crippen LogP contribution in [0.5, 0.6) is 0 Å². The van der Waals surface area contributed by atoms with Gasteiger partial charge in [-0.15, -0.1) is 0 Å². The summed E-state index contributed by atoms with van der Waals surface area (Å²) in [5, 5.41) is 5.38. The number of carbonyl (C=O) groups is 1. The molecule has 0 aliphatic rings. The van der Waals surface area contributed by atoms with Gasteiger partial charge in [0.1, 0.15) is 5.82 Å². The van der Waals surface area contributed by atoms with Gasteiger partial charge in [0.15, 0.2) is 10.9 Å². The molecule has 0 bridgehead atoms. The Labute approximate surface area is 167 Å². The average molecular weight is 422 g/mol. The van der Waals surface area contributed by atoms with Crippen LogP contribution in [0, 0.1) is 5.82 Å². The van der Waals surface area contributed by atoms with Crippen LogP contribution >= 0.6 is 11.8 Å². The van der Waals surface area contributed by atoms with E-state index >= 15 is 0 Å². The second-order valence-corrected chi connectivity index (χ2v) is 9.24. The molecule has 1 aromatic heterocycles. The Balaban J connectivity index is 1.95. The number of aryl methyl sites for hydroxylation is 1. The van der Waals surface area contributed by atoms with Crippen LogP contribution in [0.1, 0.15) is 30.6 Å². The minimum Gasteiger partial charge on any atom is -0.319 e. The zero-order valence-corrected chi connectivity index (χ0v) is 17.1. The summed E-state index contributed by atoms with van der Waals surface area (Å²) in [4.78, 5) is 17.2. The number of hydrogen-bond donors (Lipinski definition) is 1. The highest BCUT2D eigenvalue weighted by Crippen LogP contribution is 2.30. The molecule has 0 amide bonds. The highest BCUT2D eigenvalue weighted by Gasteiger charge is 2.21. The largest absolute Gasteiger partial charge is 0.319 e. The first kappa shape index (κ1) is 20.5. The molecule has 0 radical (unpaired) electrons. The van der Waals surface area contributed by atoms with Gasteiger partial charge in [-0.1, -0.05) is 18.7 Å². The van der Waals surface area contributed by atoms with Crippen molar-refractivity contribution in [2.45, 2.75) is 42.1 Å². The van der Waals surface area contributed by atoms with Gasteiger partial charge in [-0.25, -0.2) is 22.9 Å². The molecule has 2 aromatic carbocycles. The van der Waals surface area contributed by atoms with Gasteiger partial charge in [0.05, 0.1) is 21.2 Å². The van der Waals surface area contributed by atoms with Crippen molar-refractivity contribution >= 4 is 38.6 Å². The Morgan fingerprint density at radius 3 is 2.54 bits per heavy atom. The van der Waals surface area contributed by atoms with Gasteiger partial charge >= 0.3 is 0 Å². The number of nitrogens with zero attached hydrogens (tertiary/aromatic N) is 2. The molecular weight excluding hydrogens is 401 g/mol. The lowest BCUT2D eigenvalue weighted by atomic mass is 10.1. The summed E-state index contributed by atoms with van der Waals surface area (Å²) in [6, 6.07) is 10.00. The molecule has 1 atom stereocenters. The number of thioether (sulfide) groups is 1. The maximum atomic E-state index is 13.1. The molecule has 9 heteroatoms. The first-order valence-electron chi connectivity index (χ1n) is 8.70. The van der Waals surface area contributed by atoms with Crippen molar-refractivity contribution in [1.29, 1.82) is 0 Å². The number of Topliss-reactive ketones (excluding diaryl/α,β-unsaturated/α-hetero) is 1. The number of sulfonamides is 1. The third-order valence-electron chi connectivity index (χ3n) is 4.24. The predicted octanol–water partition coefficient (Wildman–Crippen LogP) is 3.60. The third-order valence-corrected chi connectivity index (χ3v) is 6.24. The van der Waals surface area contributed by atoms with Crippen molar-refractivity contribution in [3.63, 3.8) is 0 Å². The molecule has 0 saturated heterocycles. The smallest absolute Gasteiger partial charge is 0.238 e. The molecule has 6 nitrogen and oxygen atoms in total. The lowest BCUT2D eigenvalue weighted by Gasteiger charge is -2.12. The predicted molar refractivity (Wildman–Crippen MR) is 107 cm³/mol. The monoisotopic (exact) mass is 421 g/mol. The van der Waals surface area contributed by atoms with E-state index in [-0.39, 0.29) is 10.7 Å². The van der Waals surface area contributed by atoms with Crippen LogP contribution < -0.4 is 5.14 Å². The highest BCUT2D eigenvalue weighted by molar-refractivity contribution is 8.00. The molecule has 0 aliphatic carbocycles. The number of benzene rings is 2. The molecule has 2 N–H and O–H groups in total. The molecule has 0 aliphatic heterocycles. The van der Waals surface area contributed by atoms with Crippen LogP contribution in [-0.4, -0.2) is 29.0 Å². The first-order valence-corrected chi connectivity index (χ1v) is 11.1. The molecule has 3 aromatic rings. The van der Waals surface area contributed by atoms with Crippen LogP contribution in [0.2, 0.25) is 0 Å². The molecular formula is C19H20FN3O3S2. The minimum atomic E-state index is -3.83. The molecule has 1 heterocycles. The second kappa shape index (κ2) is 8.02. The van der Waals surface area contributed by atoms with E-state index in [4.69, 9.17) is 5.14 Å². The zero-order chi connectivity index (χ0) is 20.5. The van der Waals surface area contributed by atoms with Crippen molar-refractivity contribution in [1.82, 2.24) is 9.55 Å². The van der Waals surface area contributed by atoms with Crippen LogP contribution in [-0.2, 0) is 16.6 Å². The van der Waals surface area contributed by atoms with Crippen molar-refractivity contribution < 1.29 is 17.6 Å². The molecule has 3 rings (SSSR count). The Morgan fingerprint density at radius 1 is 1.25 bits per heavy atom. The number of nitrogens with two attached hydrogens (primary N) is 1. The summed E-state index contributed by atoms with van der Waals surface area (Å²) < 4.78 is 38.3. The van der Waals surface area contributed by atoms with E-state index in [1.807, 2.05) is 11.5 Å². The lowest BCUT2D eigenvalue weighted by Crippen LogP contribution is -2.14. The zero-order valence-electron chi connectivity index (χ0n) is 15.4. The molecule has 28 heavy (non-hydrogen) atoms. The number of halogens is 1. The number of carbonyl (C=O) groups excluding carboxylic acids is 1. The molecule has 0 fully saturated rings. The van der Waals surface area contributed by atoms with E-state index in [0.717, 1.165) is 11.9 Å². The van der Waals surface area contributed by atoms with Crippen LogP contribution in [0.4, 0.5) is 4.39 Å². The fraction of sp³-hybridized carbons (Fsp3) is 0.263. The lowest BCUT2D eigenvalue weighted by molar-refractivity contribution is 0.0993. The topological polar surface area (TPSA) is 95.0 Å². The first-order chi connectivity index (χ1) is 13.2. The summed E-state index contributed by atoms with van der Waals surface area (Å²) >= 11 is 1.28. The normalized spacial score (nSPS) is 13.0. The SMILES string of the molecule is CCCn1c(SC(C)C(=O)c2ccc(F)cc2)nc2cc(S(N)(=O)=O)ccc21. The van der Waals surface area contributed by atoms with Crippen LogP contribution in [0.3, 0.4) is 0 Å². The average Bonchev–Trinajstić information content (AvgIpc) is 2.98. The van der Waals surface area contributed by atoms with Crippen molar-refractivity contribution in [2.75, 3.05) is 0 Å². The van der Waals surface area contributed by atoms with E-state index in [1.165, 1.54) is 48.2 Å². The second-order valence-electron chi connectivity index (χ2n) is 6.37. The minimum absolute atomic E-state index is 0.00636. The van der Waals surface area contributed by atoms with Crippen molar-refractivity contribution in [3.8, 4) is 0 Å². The number of hydrogen-bond acceptors (Lipinski definition) is 5. The highest BCUT2D eigenvalue weighted by atomic mass is 32.2. The number of imidazole rings is 1. The summed E-state index contributed by atoms with van der Waals surface area (Å²) in [6.07, 6.45) is 0.844. The van der Waals surface area contributed by atoms with E-state index < -0.39 is 21.1 Å². The maximum Gasteiger partial charge on any atom is 0.238 e. The fourth-order valence-corrected chi connectivity index (χ4v) is 4.42.